The molecule has 0 saturated carbocycles. The molecule has 1 atom stereocenters. The van der Waals surface area contributed by atoms with Crippen molar-refractivity contribution in [1.82, 2.24) is 5.32 Å². The summed E-state index contributed by atoms with van der Waals surface area (Å²) in [5, 5.41) is 3.43. The Morgan fingerprint density at radius 2 is 2.27 bits per heavy atom. The highest BCUT2D eigenvalue weighted by Gasteiger charge is 2.18. The standard InChI is InChI=1S/C12H21NO2/c1-5-15-12(3,4)9-13-10(2)11-6-7-14-8-11/h6-8,10,13H,5,9H2,1-4H3. The molecule has 15 heavy (non-hydrogen) atoms. The van der Waals surface area contributed by atoms with Crippen LogP contribution in [0.15, 0.2) is 23.0 Å². The van der Waals surface area contributed by atoms with Gasteiger partial charge >= 0.3 is 0 Å². The molecule has 0 amide bonds. The van der Waals surface area contributed by atoms with Crippen LogP contribution in [0.4, 0.5) is 0 Å². The average Bonchev–Trinajstić information content (AvgIpc) is 2.67. The van der Waals surface area contributed by atoms with Crippen molar-refractivity contribution in [3.8, 4) is 0 Å². The van der Waals surface area contributed by atoms with Crippen LogP contribution in [0.2, 0.25) is 0 Å². The molecule has 0 saturated heterocycles. The van der Waals surface area contributed by atoms with Crippen molar-refractivity contribution in [3.63, 3.8) is 0 Å². The quantitative estimate of drug-likeness (QED) is 0.785. The summed E-state index contributed by atoms with van der Waals surface area (Å²) >= 11 is 0. The maximum Gasteiger partial charge on any atom is 0.0950 e. The van der Waals surface area contributed by atoms with Crippen LogP contribution < -0.4 is 5.32 Å². The van der Waals surface area contributed by atoms with E-state index < -0.39 is 0 Å². The van der Waals surface area contributed by atoms with Crippen molar-refractivity contribution in [2.45, 2.75) is 39.3 Å². The number of hydrogen-bond donors (Lipinski definition) is 1. The third kappa shape index (κ3) is 4.06. The lowest BCUT2D eigenvalue weighted by molar-refractivity contribution is -0.0103. The molecule has 0 aliphatic heterocycles. The highest BCUT2D eigenvalue weighted by atomic mass is 16.5. The van der Waals surface area contributed by atoms with Gasteiger partial charge < -0.3 is 14.5 Å². The van der Waals surface area contributed by atoms with Gasteiger partial charge in [-0.3, -0.25) is 0 Å². The van der Waals surface area contributed by atoms with Crippen molar-refractivity contribution in [2.75, 3.05) is 13.2 Å². The summed E-state index contributed by atoms with van der Waals surface area (Å²) in [6.07, 6.45) is 3.46. The molecule has 3 nitrogen and oxygen atoms in total. The predicted molar refractivity (Wildman–Crippen MR) is 60.8 cm³/mol. The zero-order valence-electron chi connectivity index (χ0n) is 10.0. The molecule has 0 aromatic carbocycles. The number of furan rings is 1. The largest absolute Gasteiger partial charge is 0.472 e. The molecule has 0 spiro atoms. The Morgan fingerprint density at radius 1 is 1.53 bits per heavy atom. The molecular weight excluding hydrogens is 190 g/mol. The Bertz CT molecular complexity index is 267. The van der Waals surface area contributed by atoms with Crippen molar-refractivity contribution in [1.29, 1.82) is 0 Å². The van der Waals surface area contributed by atoms with Gasteiger partial charge in [0.25, 0.3) is 0 Å². The van der Waals surface area contributed by atoms with E-state index in [1.165, 1.54) is 5.56 Å². The Hall–Kier alpha value is -0.800. The lowest BCUT2D eigenvalue weighted by Gasteiger charge is -2.26. The highest BCUT2D eigenvalue weighted by molar-refractivity contribution is 5.10. The first kappa shape index (κ1) is 12.3. The summed E-state index contributed by atoms with van der Waals surface area (Å²) in [4.78, 5) is 0. The van der Waals surface area contributed by atoms with Crippen LogP contribution in [0.1, 0.15) is 39.3 Å². The van der Waals surface area contributed by atoms with Crippen molar-refractivity contribution in [3.05, 3.63) is 24.2 Å². The van der Waals surface area contributed by atoms with Crippen molar-refractivity contribution < 1.29 is 9.15 Å². The van der Waals surface area contributed by atoms with E-state index in [2.05, 4.69) is 26.1 Å². The smallest absolute Gasteiger partial charge is 0.0950 e. The first-order valence-electron chi connectivity index (χ1n) is 5.44. The Balaban J connectivity index is 2.37. The van der Waals surface area contributed by atoms with Crippen LogP contribution in [-0.2, 0) is 4.74 Å². The molecule has 0 bridgehead atoms. The van der Waals surface area contributed by atoms with Crippen LogP contribution in [0.25, 0.3) is 0 Å². The Morgan fingerprint density at radius 3 is 2.80 bits per heavy atom. The minimum atomic E-state index is -0.118. The number of nitrogens with one attached hydrogen (secondary N) is 1. The maximum atomic E-state index is 5.61. The van der Waals surface area contributed by atoms with E-state index in [1.54, 1.807) is 12.5 Å². The van der Waals surface area contributed by atoms with Crippen molar-refractivity contribution in [2.24, 2.45) is 0 Å². The minimum Gasteiger partial charge on any atom is -0.472 e. The molecule has 0 aliphatic rings. The second kappa shape index (κ2) is 5.33. The highest BCUT2D eigenvalue weighted by Crippen LogP contribution is 2.14. The molecule has 0 fully saturated rings. The SMILES string of the molecule is CCOC(C)(C)CNC(C)c1ccoc1. The molecule has 1 N–H and O–H groups in total. The molecule has 1 unspecified atom stereocenters. The first-order chi connectivity index (χ1) is 7.05. The van der Waals surface area contributed by atoms with Gasteiger partial charge in [0.1, 0.15) is 0 Å². The van der Waals surface area contributed by atoms with E-state index >= 15 is 0 Å². The summed E-state index contributed by atoms with van der Waals surface area (Å²) in [5.74, 6) is 0. The summed E-state index contributed by atoms with van der Waals surface area (Å²) in [6.45, 7) is 9.88. The van der Waals surface area contributed by atoms with E-state index in [1.807, 2.05) is 13.0 Å². The molecular formula is C12H21NO2. The lowest BCUT2D eigenvalue weighted by atomic mass is 10.1. The molecule has 1 aromatic rings. The molecule has 1 rings (SSSR count). The van der Waals surface area contributed by atoms with Gasteiger partial charge in [0, 0.05) is 24.8 Å². The molecule has 1 heterocycles. The molecule has 0 aliphatic carbocycles. The van der Waals surface area contributed by atoms with Crippen LogP contribution in [0, 0.1) is 0 Å². The second-order valence-corrected chi connectivity index (χ2v) is 4.35. The van der Waals surface area contributed by atoms with Gasteiger partial charge in [0.15, 0.2) is 0 Å². The normalized spacial score (nSPS) is 14.1. The first-order valence-corrected chi connectivity index (χ1v) is 5.44. The van der Waals surface area contributed by atoms with Crippen LogP contribution in [0.3, 0.4) is 0 Å². The minimum absolute atomic E-state index is 0.118. The third-order valence-electron chi connectivity index (χ3n) is 2.41. The van der Waals surface area contributed by atoms with Gasteiger partial charge in [-0.2, -0.15) is 0 Å². The Kier molecular flexibility index (Phi) is 4.36. The molecule has 86 valence electrons. The second-order valence-electron chi connectivity index (χ2n) is 4.35. The average molecular weight is 211 g/mol. The van der Waals surface area contributed by atoms with E-state index in [-0.39, 0.29) is 5.60 Å². The van der Waals surface area contributed by atoms with E-state index in [9.17, 15) is 0 Å². The molecule has 3 heteroatoms. The van der Waals surface area contributed by atoms with E-state index in [0.717, 1.165) is 13.2 Å². The zero-order valence-corrected chi connectivity index (χ0v) is 10.0. The van der Waals surface area contributed by atoms with Gasteiger partial charge in [-0.05, 0) is 33.8 Å². The summed E-state index contributed by atoms with van der Waals surface area (Å²) in [7, 11) is 0. The summed E-state index contributed by atoms with van der Waals surface area (Å²) < 4.78 is 10.7. The third-order valence-corrected chi connectivity index (χ3v) is 2.41. The van der Waals surface area contributed by atoms with Gasteiger partial charge in [-0.25, -0.2) is 0 Å². The van der Waals surface area contributed by atoms with Crippen molar-refractivity contribution >= 4 is 0 Å². The summed E-state index contributed by atoms with van der Waals surface area (Å²) in [6, 6.07) is 2.27. The Labute approximate surface area is 91.8 Å². The van der Waals surface area contributed by atoms with Gasteiger partial charge in [-0.15, -0.1) is 0 Å². The fourth-order valence-corrected chi connectivity index (χ4v) is 1.48. The van der Waals surface area contributed by atoms with E-state index in [4.69, 9.17) is 9.15 Å². The topological polar surface area (TPSA) is 34.4 Å². The number of hydrogen-bond acceptors (Lipinski definition) is 3. The van der Waals surface area contributed by atoms with Gasteiger partial charge in [0.2, 0.25) is 0 Å². The van der Waals surface area contributed by atoms with Crippen LogP contribution in [-0.4, -0.2) is 18.8 Å². The maximum absolute atomic E-state index is 5.61. The van der Waals surface area contributed by atoms with Gasteiger partial charge in [0.05, 0.1) is 18.1 Å². The molecule has 1 aromatic heterocycles. The summed E-state index contributed by atoms with van der Waals surface area (Å²) in [5.41, 5.74) is 1.05. The van der Waals surface area contributed by atoms with E-state index in [0.29, 0.717) is 6.04 Å². The van der Waals surface area contributed by atoms with Gasteiger partial charge in [-0.1, -0.05) is 0 Å². The predicted octanol–water partition coefficient (Wildman–Crippen LogP) is 2.75. The van der Waals surface area contributed by atoms with Crippen LogP contribution in [0.5, 0.6) is 0 Å². The zero-order chi connectivity index (χ0) is 11.3. The number of ether oxygens (including phenoxy) is 1. The fraction of sp³-hybridized carbons (Fsp3) is 0.667. The monoisotopic (exact) mass is 211 g/mol. The molecule has 0 radical (unpaired) electrons. The van der Waals surface area contributed by atoms with Crippen LogP contribution >= 0.6 is 0 Å². The fourth-order valence-electron chi connectivity index (χ4n) is 1.48. The number of rotatable bonds is 6. The lowest BCUT2D eigenvalue weighted by Crippen LogP contribution is -2.38.